The van der Waals surface area contributed by atoms with Crippen LogP contribution < -0.4 is 5.32 Å². The van der Waals surface area contributed by atoms with Crippen molar-refractivity contribution < 1.29 is 66.5 Å². The smallest absolute Gasteiger partial charge is 0.397 e. The van der Waals surface area contributed by atoms with Crippen molar-refractivity contribution in [2.45, 2.75) is 49.8 Å². The normalized spacial score (nSPS) is 25.8. The van der Waals surface area contributed by atoms with Gasteiger partial charge < -0.3 is 45.1 Å². The van der Waals surface area contributed by atoms with Crippen LogP contribution in [0.15, 0.2) is 11.8 Å². The zero-order chi connectivity index (χ0) is 23.2. The Balaban J connectivity index is 3.37. The minimum atomic E-state index is -5.32. The Morgan fingerprint density at radius 3 is 2.37 bits per heavy atom. The number of ether oxygens (including phenoxy) is 2. The first-order valence-electron chi connectivity index (χ1n) is 8.11. The highest BCUT2D eigenvalue weighted by Gasteiger charge is 2.44. The van der Waals surface area contributed by atoms with Gasteiger partial charge in [0.25, 0.3) is 0 Å². The van der Waals surface area contributed by atoms with Crippen LogP contribution in [-0.2, 0) is 38.4 Å². The number of amides is 1. The van der Waals surface area contributed by atoms with Gasteiger partial charge in [-0.25, -0.2) is 8.98 Å². The lowest BCUT2D eigenvalue weighted by Crippen LogP contribution is -2.58. The van der Waals surface area contributed by atoms with E-state index in [1.807, 2.05) is 5.32 Å². The highest BCUT2D eigenvalue weighted by molar-refractivity contribution is 7.80. The Bertz CT molecular complexity index is 767. The lowest BCUT2D eigenvalue weighted by Gasteiger charge is -2.37. The monoisotopic (exact) mass is 459 g/mol. The Morgan fingerprint density at radius 1 is 1.33 bits per heavy atom. The topological polar surface area (TPSA) is 246 Å². The van der Waals surface area contributed by atoms with Crippen molar-refractivity contribution in [3.05, 3.63) is 11.8 Å². The molecule has 1 heterocycles. The Morgan fingerprint density at radius 2 is 1.93 bits per heavy atom. The molecule has 1 unspecified atom stereocenters. The van der Waals surface area contributed by atoms with Gasteiger partial charge in [0, 0.05) is 6.92 Å². The molecule has 16 heteroatoms. The number of aliphatic hydroxyl groups is 4. The van der Waals surface area contributed by atoms with Crippen LogP contribution in [0.25, 0.3) is 0 Å². The summed E-state index contributed by atoms with van der Waals surface area (Å²) in [5.74, 6) is -3.41. The third-order valence-electron chi connectivity index (χ3n) is 3.69. The molecule has 0 aromatic carbocycles. The number of hydrogen-bond donors (Lipinski definition) is 7. The number of carbonyl (C=O) groups excluding carboxylic acids is 2. The summed E-state index contributed by atoms with van der Waals surface area (Å²) in [5.41, 5.74) is 0. The predicted molar refractivity (Wildman–Crippen MR) is 90.7 cm³/mol. The molecule has 0 saturated carbocycles. The second-order valence-corrected chi connectivity index (χ2v) is 7.05. The maximum Gasteiger partial charge on any atom is 0.397 e. The number of carboxylic acid groups (broad SMARTS) is 1. The van der Waals surface area contributed by atoms with Gasteiger partial charge in [-0.2, -0.15) is 8.42 Å². The van der Waals surface area contributed by atoms with Crippen LogP contribution in [0.4, 0.5) is 0 Å². The number of carbonyl (C=O) groups is 3. The largest absolute Gasteiger partial charge is 0.475 e. The van der Waals surface area contributed by atoms with Crippen LogP contribution in [0.5, 0.6) is 0 Å². The summed E-state index contributed by atoms with van der Waals surface area (Å²) < 4.78 is 45.5. The lowest BCUT2D eigenvalue weighted by molar-refractivity contribution is -0.245. The van der Waals surface area contributed by atoms with Gasteiger partial charge >= 0.3 is 16.4 Å². The molecular weight excluding hydrogens is 438 g/mol. The highest BCUT2D eigenvalue weighted by Crippen LogP contribution is 2.24. The van der Waals surface area contributed by atoms with Gasteiger partial charge in [0.05, 0.1) is 6.61 Å². The van der Waals surface area contributed by atoms with E-state index in [9.17, 15) is 38.1 Å². The van der Waals surface area contributed by atoms with Crippen LogP contribution in [0, 0.1) is 0 Å². The second kappa shape index (κ2) is 10.7. The summed E-state index contributed by atoms with van der Waals surface area (Å²) in [5, 5.41) is 49.8. The summed E-state index contributed by atoms with van der Waals surface area (Å²) in [6.07, 6.45) is -11.7. The third kappa shape index (κ3) is 7.26. The van der Waals surface area contributed by atoms with Gasteiger partial charge in [-0.05, 0) is 6.08 Å². The zero-order valence-electron chi connectivity index (χ0n) is 15.3. The summed E-state index contributed by atoms with van der Waals surface area (Å²) in [4.78, 5) is 33.9. The number of rotatable bonds is 11. The van der Waals surface area contributed by atoms with Crippen LogP contribution in [0.2, 0.25) is 0 Å². The number of aliphatic hydroxyl groups excluding tert-OH is 4. The molecule has 0 bridgehead atoms. The highest BCUT2D eigenvalue weighted by atomic mass is 32.3. The first-order valence-corrected chi connectivity index (χ1v) is 9.47. The molecule has 0 aromatic heterocycles. The molecule has 15 nitrogen and oxygen atoms in total. The fraction of sp³-hybridized carbons (Fsp3) is 0.643. The number of nitrogens with one attached hydrogen (secondary N) is 1. The lowest BCUT2D eigenvalue weighted by atomic mass is 10.0. The molecule has 172 valence electrons. The number of carboxylic acids is 1. The molecule has 0 aliphatic carbocycles. The third-order valence-corrected chi connectivity index (χ3v) is 4.15. The first kappa shape index (κ1) is 25.9. The minimum absolute atomic E-state index is 0.0100. The fourth-order valence-electron chi connectivity index (χ4n) is 2.41. The Labute approximate surface area is 169 Å². The van der Waals surface area contributed by atoms with Crippen LogP contribution in [0.1, 0.15) is 6.92 Å². The van der Waals surface area contributed by atoms with Crippen molar-refractivity contribution in [2.24, 2.45) is 0 Å². The maximum atomic E-state index is 11.5. The van der Waals surface area contributed by atoms with E-state index in [0.29, 0.717) is 6.08 Å². The average Bonchev–Trinajstić information content (AvgIpc) is 2.63. The summed E-state index contributed by atoms with van der Waals surface area (Å²) in [7, 11) is -5.32. The van der Waals surface area contributed by atoms with E-state index in [0.717, 1.165) is 6.92 Å². The minimum Gasteiger partial charge on any atom is -0.475 e. The zero-order valence-corrected chi connectivity index (χ0v) is 16.1. The van der Waals surface area contributed by atoms with E-state index in [2.05, 4.69) is 4.18 Å². The van der Waals surface area contributed by atoms with Crippen LogP contribution >= 0.6 is 0 Å². The molecular formula is C14H21NO14S. The van der Waals surface area contributed by atoms with Gasteiger partial charge in [-0.15, -0.1) is 0 Å². The van der Waals surface area contributed by atoms with E-state index >= 15 is 0 Å². The van der Waals surface area contributed by atoms with Crippen molar-refractivity contribution >= 4 is 28.6 Å². The van der Waals surface area contributed by atoms with Crippen LogP contribution in [0.3, 0.4) is 0 Å². The maximum absolute atomic E-state index is 11.5. The molecule has 0 spiro atoms. The molecule has 0 fully saturated rings. The molecule has 0 aromatic rings. The molecule has 1 aliphatic heterocycles. The Hall–Kier alpha value is -2.18. The van der Waals surface area contributed by atoms with Gasteiger partial charge in [-0.1, -0.05) is 0 Å². The summed E-state index contributed by atoms with van der Waals surface area (Å²) in [6, 6.07) is -1.82. The van der Waals surface area contributed by atoms with Gasteiger partial charge in [0.1, 0.15) is 42.8 Å². The molecule has 1 rings (SSSR count). The van der Waals surface area contributed by atoms with Gasteiger partial charge in [0.2, 0.25) is 18.0 Å². The number of aldehydes is 1. The summed E-state index contributed by atoms with van der Waals surface area (Å²) >= 11 is 0. The van der Waals surface area contributed by atoms with Gasteiger partial charge in [-0.3, -0.25) is 9.35 Å². The van der Waals surface area contributed by atoms with Crippen LogP contribution in [-0.4, -0.2) is 106 Å². The molecule has 1 amide bonds. The summed E-state index contributed by atoms with van der Waals surface area (Å²) in [6.45, 7) is -0.224. The van der Waals surface area contributed by atoms with E-state index in [4.69, 9.17) is 24.2 Å². The first-order chi connectivity index (χ1) is 13.8. The van der Waals surface area contributed by atoms with Crippen molar-refractivity contribution in [3.63, 3.8) is 0 Å². The average molecular weight is 459 g/mol. The predicted octanol–water partition coefficient (Wildman–Crippen LogP) is -4.34. The Kier molecular flexibility index (Phi) is 9.25. The van der Waals surface area contributed by atoms with E-state index in [1.165, 1.54) is 0 Å². The molecule has 7 N–H and O–H groups in total. The van der Waals surface area contributed by atoms with E-state index < -0.39 is 77.5 Å². The fourth-order valence-corrected chi connectivity index (χ4v) is 2.93. The quantitative estimate of drug-likeness (QED) is 0.114. The van der Waals surface area contributed by atoms with Crippen molar-refractivity contribution in [1.82, 2.24) is 5.32 Å². The molecule has 0 saturated heterocycles. The van der Waals surface area contributed by atoms with Crippen molar-refractivity contribution in [2.75, 3.05) is 6.61 Å². The van der Waals surface area contributed by atoms with Gasteiger partial charge in [0.15, 0.2) is 0 Å². The van der Waals surface area contributed by atoms with Crippen molar-refractivity contribution in [1.29, 1.82) is 0 Å². The molecule has 30 heavy (non-hydrogen) atoms. The standard InChI is InChI=1S/C14H21NO14S/c1-5(18)15-6(3-16)11(12(8(20)4-17)29-30(24,25)26)28-14-10(21)7(19)2-9(27-14)13(22)23/h2-3,6-8,10-12,14,17,19-21H,4H2,1H3,(H,15,18)(H,22,23)(H,24,25,26)/t6-,7-,8+,10+,11+,12-,14?/m0/s1. The van der Waals surface area contributed by atoms with E-state index in [-0.39, 0.29) is 6.29 Å². The molecule has 7 atom stereocenters. The SMILES string of the molecule is CC(=O)N[C@@H](C=O)[C@@H](OC1OC(C(=O)O)=C[C@H](O)[C@H]1O)[C@@H](OS(=O)(=O)O)[C@H](O)CO. The van der Waals surface area contributed by atoms with E-state index in [1.54, 1.807) is 0 Å². The number of hydrogen-bond acceptors (Lipinski definition) is 12. The van der Waals surface area contributed by atoms with Crippen molar-refractivity contribution in [3.8, 4) is 0 Å². The second-order valence-electron chi connectivity index (χ2n) is 6.01. The molecule has 1 aliphatic rings. The molecule has 0 radical (unpaired) electrons. The number of aliphatic carboxylic acids is 1.